The topological polar surface area (TPSA) is 62.9 Å². The van der Waals surface area contributed by atoms with Crippen LogP contribution in [0.1, 0.15) is 20.8 Å². The molecule has 4 nitrogen and oxygen atoms in total. The molecule has 0 aliphatic heterocycles. The van der Waals surface area contributed by atoms with Crippen LogP contribution in [-0.4, -0.2) is 16.1 Å². The third kappa shape index (κ3) is 2.59. The van der Waals surface area contributed by atoms with Crippen LogP contribution in [0.4, 0.5) is 4.39 Å². The van der Waals surface area contributed by atoms with Crippen molar-refractivity contribution in [2.45, 2.75) is 0 Å². The first-order chi connectivity index (χ1) is 11.5. The Morgan fingerprint density at radius 1 is 1.08 bits per heavy atom. The molecular weight excluding hydrogens is 307 g/mol. The van der Waals surface area contributed by atoms with Crippen LogP contribution in [0.3, 0.4) is 0 Å². The number of aromatic nitrogens is 1. The lowest BCUT2D eigenvalue weighted by molar-refractivity contribution is 0.0841. The SMILES string of the molecule is Cn1c(C(=O)C(C#N)C(=O)c2ccc(F)cc2)cc2ccccc21. The summed E-state index contributed by atoms with van der Waals surface area (Å²) in [5, 5.41) is 10.2. The first-order valence-corrected chi connectivity index (χ1v) is 7.31. The number of aryl methyl sites for hydroxylation is 1. The summed E-state index contributed by atoms with van der Waals surface area (Å²) in [6.07, 6.45) is 0. The average molecular weight is 320 g/mol. The zero-order valence-corrected chi connectivity index (χ0v) is 12.9. The second-order valence-corrected chi connectivity index (χ2v) is 5.44. The summed E-state index contributed by atoms with van der Waals surface area (Å²) in [5.74, 6) is -3.14. The van der Waals surface area contributed by atoms with Gasteiger partial charge in [-0.1, -0.05) is 18.2 Å². The molecule has 0 radical (unpaired) electrons. The van der Waals surface area contributed by atoms with Crippen LogP contribution in [0.5, 0.6) is 0 Å². The molecule has 0 saturated carbocycles. The molecule has 3 aromatic rings. The number of halogens is 1. The van der Waals surface area contributed by atoms with Crippen molar-refractivity contribution in [3.8, 4) is 6.07 Å². The highest BCUT2D eigenvalue weighted by atomic mass is 19.1. The molecule has 0 aliphatic carbocycles. The van der Waals surface area contributed by atoms with Crippen molar-refractivity contribution >= 4 is 22.5 Å². The minimum absolute atomic E-state index is 0.134. The van der Waals surface area contributed by atoms with Gasteiger partial charge in [0.25, 0.3) is 0 Å². The van der Waals surface area contributed by atoms with E-state index in [4.69, 9.17) is 0 Å². The van der Waals surface area contributed by atoms with E-state index in [2.05, 4.69) is 0 Å². The van der Waals surface area contributed by atoms with Gasteiger partial charge in [0.2, 0.25) is 5.78 Å². The summed E-state index contributed by atoms with van der Waals surface area (Å²) in [6.45, 7) is 0. The van der Waals surface area contributed by atoms with E-state index in [0.29, 0.717) is 5.69 Å². The number of ketones is 2. The lowest BCUT2D eigenvalue weighted by Crippen LogP contribution is -2.24. The summed E-state index contributed by atoms with van der Waals surface area (Å²) in [6, 6.07) is 15.7. The van der Waals surface area contributed by atoms with Gasteiger partial charge in [0.1, 0.15) is 5.82 Å². The minimum Gasteiger partial charge on any atom is -0.341 e. The number of hydrogen-bond acceptors (Lipinski definition) is 3. The van der Waals surface area contributed by atoms with E-state index in [1.54, 1.807) is 23.8 Å². The predicted molar refractivity (Wildman–Crippen MR) is 87.1 cm³/mol. The van der Waals surface area contributed by atoms with Crippen molar-refractivity contribution in [1.82, 2.24) is 4.57 Å². The highest BCUT2D eigenvalue weighted by Crippen LogP contribution is 2.22. The van der Waals surface area contributed by atoms with Gasteiger partial charge in [-0.25, -0.2) is 4.39 Å². The smallest absolute Gasteiger partial charge is 0.204 e. The molecule has 1 heterocycles. The molecule has 0 N–H and O–H groups in total. The Hall–Kier alpha value is -3.26. The summed E-state index contributed by atoms with van der Waals surface area (Å²) < 4.78 is 14.6. The molecule has 0 fully saturated rings. The Balaban J connectivity index is 1.99. The van der Waals surface area contributed by atoms with Crippen LogP contribution < -0.4 is 0 Å². The fraction of sp³-hybridized carbons (Fsp3) is 0.105. The van der Waals surface area contributed by atoms with E-state index < -0.39 is 23.3 Å². The van der Waals surface area contributed by atoms with Crippen molar-refractivity contribution in [3.63, 3.8) is 0 Å². The summed E-state index contributed by atoms with van der Waals surface area (Å²) >= 11 is 0. The zero-order chi connectivity index (χ0) is 17.3. The molecule has 5 heteroatoms. The molecular formula is C19H13FN2O2. The van der Waals surface area contributed by atoms with E-state index in [1.165, 1.54) is 12.1 Å². The second kappa shape index (κ2) is 6.09. The standard InChI is InChI=1S/C19H13FN2O2/c1-22-16-5-3-2-4-13(16)10-17(22)19(24)15(11-21)18(23)12-6-8-14(20)9-7-12/h2-10,15H,1H3. The Morgan fingerprint density at radius 2 is 1.75 bits per heavy atom. The Labute approximate surface area is 137 Å². The Morgan fingerprint density at radius 3 is 2.38 bits per heavy atom. The van der Waals surface area contributed by atoms with Gasteiger partial charge >= 0.3 is 0 Å². The molecule has 1 atom stereocenters. The number of hydrogen-bond donors (Lipinski definition) is 0. The summed E-state index contributed by atoms with van der Waals surface area (Å²) in [5.41, 5.74) is 1.26. The second-order valence-electron chi connectivity index (χ2n) is 5.44. The molecule has 1 aromatic heterocycles. The molecule has 2 aromatic carbocycles. The van der Waals surface area contributed by atoms with Gasteiger partial charge in [0.05, 0.1) is 11.8 Å². The third-order valence-electron chi connectivity index (χ3n) is 3.99. The number of fused-ring (bicyclic) bond motifs is 1. The molecule has 0 saturated heterocycles. The van der Waals surface area contributed by atoms with Crippen LogP contribution in [0.25, 0.3) is 10.9 Å². The first-order valence-electron chi connectivity index (χ1n) is 7.31. The molecule has 0 amide bonds. The molecule has 3 rings (SSSR count). The van der Waals surface area contributed by atoms with Crippen LogP contribution in [-0.2, 0) is 7.05 Å². The van der Waals surface area contributed by atoms with Gasteiger partial charge < -0.3 is 4.57 Å². The lowest BCUT2D eigenvalue weighted by Gasteiger charge is -2.09. The van der Waals surface area contributed by atoms with Crippen molar-refractivity contribution in [2.24, 2.45) is 13.0 Å². The van der Waals surface area contributed by atoms with Gasteiger partial charge in [0.15, 0.2) is 11.7 Å². The van der Waals surface area contributed by atoms with Gasteiger partial charge in [-0.3, -0.25) is 9.59 Å². The number of carbonyl (C=O) groups excluding carboxylic acids is 2. The fourth-order valence-electron chi connectivity index (χ4n) is 2.69. The van der Waals surface area contributed by atoms with E-state index in [1.807, 2.05) is 24.3 Å². The van der Waals surface area contributed by atoms with E-state index in [-0.39, 0.29) is 5.56 Å². The summed E-state index contributed by atoms with van der Waals surface area (Å²) in [7, 11) is 1.71. The third-order valence-corrected chi connectivity index (χ3v) is 3.99. The van der Waals surface area contributed by atoms with E-state index >= 15 is 0 Å². The maximum atomic E-state index is 13.0. The van der Waals surface area contributed by atoms with Crippen LogP contribution in [0, 0.1) is 23.1 Å². The molecule has 0 aliphatic rings. The number of Topliss-reactive ketones (excluding diaryl/α,β-unsaturated/α-hetero) is 2. The molecule has 1 unspecified atom stereocenters. The quantitative estimate of drug-likeness (QED) is 0.546. The fourth-order valence-corrected chi connectivity index (χ4v) is 2.69. The highest BCUT2D eigenvalue weighted by Gasteiger charge is 2.30. The number of rotatable bonds is 4. The van der Waals surface area contributed by atoms with Crippen LogP contribution in [0.15, 0.2) is 54.6 Å². The molecule has 0 bridgehead atoms. The number of nitrogens with zero attached hydrogens (tertiary/aromatic N) is 2. The maximum Gasteiger partial charge on any atom is 0.204 e. The normalized spacial score (nSPS) is 11.9. The Bertz CT molecular complexity index is 981. The number of carbonyl (C=O) groups is 2. The van der Waals surface area contributed by atoms with Crippen molar-refractivity contribution < 1.29 is 14.0 Å². The zero-order valence-electron chi connectivity index (χ0n) is 12.9. The molecule has 118 valence electrons. The number of nitriles is 1. The highest BCUT2D eigenvalue weighted by molar-refractivity contribution is 6.18. The van der Waals surface area contributed by atoms with Crippen molar-refractivity contribution in [2.75, 3.05) is 0 Å². The van der Waals surface area contributed by atoms with Crippen molar-refractivity contribution in [3.05, 3.63) is 71.7 Å². The van der Waals surface area contributed by atoms with Gasteiger partial charge in [-0.2, -0.15) is 5.26 Å². The lowest BCUT2D eigenvalue weighted by atomic mass is 9.93. The monoisotopic (exact) mass is 320 g/mol. The molecule has 24 heavy (non-hydrogen) atoms. The van der Waals surface area contributed by atoms with Gasteiger partial charge in [-0.05, 0) is 36.4 Å². The number of para-hydroxylation sites is 1. The minimum atomic E-state index is -1.46. The first kappa shape index (κ1) is 15.6. The van der Waals surface area contributed by atoms with E-state index in [0.717, 1.165) is 23.0 Å². The largest absolute Gasteiger partial charge is 0.341 e. The van der Waals surface area contributed by atoms with Crippen LogP contribution >= 0.6 is 0 Å². The van der Waals surface area contributed by atoms with Gasteiger partial charge in [0, 0.05) is 23.5 Å². The van der Waals surface area contributed by atoms with Crippen LogP contribution in [0.2, 0.25) is 0 Å². The Kier molecular flexibility index (Phi) is 3.97. The number of benzene rings is 2. The van der Waals surface area contributed by atoms with E-state index in [9.17, 15) is 19.2 Å². The predicted octanol–water partition coefficient (Wildman–Crippen LogP) is 3.52. The average Bonchev–Trinajstić information content (AvgIpc) is 2.93. The summed E-state index contributed by atoms with van der Waals surface area (Å²) in [4.78, 5) is 25.2. The van der Waals surface area contributed by atoms with Gasteiger partial charge in [-0.15, -0.1) is 0 Å². The maximum absolute atomic E-state index is 13.0. The van der Waals surface area contributed by atoms with Crippen molar-refractivity contribution in [1.29, 1.82) is 5.26 Å². The molecule has 0 spiro atoms.